The summed E-state index contributed by atoms with van der Waals surface area (Å²) < 4.78 is 5.69. The van der Waals surface area contributed by atoms with Crippen LogP contribution in [0.3, 0.4) is 0 Å². The van der Waals surface area contributed by atoms with Crippen LogP contribution in [0.4, 0.5) is 0 Å². The fourth-order valence-corrected chi connectivity index (χ4v) is 2.40. The molecule has 1 aromatic heterocycles. The van der Waals surface area contributed by atoms with Crippen LogP contribution in [0.15, 0.2) is 35.7 Å². The monoisotopic (exact) mass is 263 g/mol. The van der Waals surface area contributed by atoms with E-state index in [4.69, 9.17) is 22.7 Å². The Hall–Kier alpha value is -1.39. The molecule has 1 aromatic carbocycles. The van der Waals surface area contributed by atoms with E-state index in [9.17, 15) is 0 Å². The molecule has 0 atom stereocenters. The first-order chi connectivity index (χ1) is 8.16. The predicted octanol–water partition coefficient (Wildman–Crippen LogP) is 3.27. The summed E-state index contributed by atoms with van der Waals surface area (Å²) in [6, 6.07) is 9.84. The van der Waals surface area contributed by atoms with Crippen molar-refractivity contribution in [1.29, 1.82) is 0 Å². The van der Waals surface area contributed by atoms with E-state index in [1.54, 1.807) is 11.3 Å². The molecule has 0 saturated carbocycles. The fourth-order valence-electron chi connectivity index (χ4n) is 1.55. The van der Waals surface area contributed by atoms with Crippen molar-refractivity contribution in [2.45, 2.75) is 13.5 Å². The second-order valence-electron chi connectivity index (χ2n) is 3.71. The summed E-state index contributed by atoms with van der Waals surface area (Å²) in [4.78, 5) is 1.63. The van der Waals surface area contributed by atoms with Gasteiger partial charge in [-0.15, -0.1) is 11.3 Å². The SMILES string of the molecule is Cc1cc(OCc2cccs2)ccc1C(N)=S. The van der Waals surface area contributed by atoms with Gasteiger partial charge in [0.1, 0.15) is 17.3 Å². The molecule has 0 amide bonds. The van der Waals surface area contributed by atoms with Gasteiger partial charge in [-0.05, 0) is 42.1 Å². The molecule has 0 aliphatic carbocycles. The number of aryl methyl sites for hydroxylation is 1. The molecule has 0 saturated heterocycles. The molecule has 0 bridgehead atoms. The minimum Gasteiger partial charge on any atom is -0.488 e. The quantitative estimate of drug-likeness (QED) is 0.860. The summed E-state index contributed by atoms with van der Waals surface area (Å²) in [6.45, 7) is 2.58. The minimum atomic E-state index is 0.423. The van der Waals surface area contributed by atoms with Crippen molar-refractivity contribution in [1.82, 2.24) is 0 Å². The maximum absolute atomic E-state index is 5.69. The number of ether oxygens (including phenoxy) is 1. The van der Waals surface area contributed by atoms with Crippen LogP contribution in [-0.2, 0) is 6.61 Å². The predicted molar refractivity (Wildman–Crippen MR) is 75.7 cm³/mol. The number of nitrogens with two attached hydrogens (primary N) is 1. The molecular weight excluding hydrogens is 250 g/mol. The van der Waals surface area contributed by atoms with Gasteiger partial charge in [-0.1, -0.05) is 18.3 Å². The van der Waals surface area contributed by atoms with Gasteiger partial charge in [-0.3, -0.25) is 0 Å². The molecule has 17 heavy (non-hydrogen) atoms. The number of thiocarbonyl (C=S) groups is 1. The minimum absolute atomic E-state index is 0.423. The number of hydrogen-bond acceptors (Lipinski definition) is 3. The molecule has 1 heterocycles. The first-order valence-corrected chi connectivity index (χ1v) is 6.51. The average Bonchev–Trinajstić information content (AvgIpc) is 2.78. The van der Waals surface area contributed by atoms with Gasteiger partial charge in [0.15, 0.2) is 0 Å². The smallest absolute Gasteiger partial charge is 0.122 e. The highest BCUT2D eigenvalue weighted by Crippen LogP contribution is 2.19. The van der Waals surface area contributed by atoms with Crippen molar-refractivity contribution in [2.75, 3.05) is 0 Å². The molecule has 0 spiro atoms. The summed E-state index contributed by atoms with van der Waals surface area (Å²) in [7, 11) is 0. The molecule has 2 rings (SSSR count). The first-order valence-electron chi connectivity index (χ1n) is 5.22. The van der Waals surface area contributed by atoms with Gasteiger partial charge >= 0.3 is 0 Å². The van der Waals surface area contributed by atoms with E-state index < -0.39 is 0 Å². The van der Waals surface area contributed by atoms with Crippen molar-refractivity contribution in [3.63, 3.8) is 0 Å². The van der Waals surface area contributed by atoms with Crippen LogP contribution < -0.4 is 10.5 Å². The van der Waals surface area contributed by atoms with Crippen molar-refractivity contribution in [3.8, 4) is 5.75 Å². The van der Waals surface area contributed by atoms with Gasteiger partial charge in [0, 0.05) is 10.4 Å². The van der Waals surface area contributed by atoms with E-state index >= 15 is 0 Å². The molecule has 0 radical (unpaired) electrons. The first kappa shape index (κ1) is 12.1. The molecule has 4 heteroatoms. The Kier molecular flexibility index (Phi) is 3.76. The van der Waals surface area contributed by atoms with Crippen molar-refractivity contribution in [2.24, 2.45) is 5.73 Å². The summed E-state index contributed by atoms with van der Waals surface area (Å²) in [5, 5.41) is 2.04. The maximum atomic E-state index is 5.69. The number of thiophene rings is 1. The number of benzene rings is 1. The summed E-state index contributed by atoms with van der Waals surface area (Å²) in [5.41, 5.74) is 7.56. The lowest BCUT2D eigenvalue weighted by Crippen LogP contribution is -2.11. The number of hydrogen-bond donors (Lipinski definition) is 1. The van der Waals surface area contributed by atoms with Gasteiger partial charge < -0.3 is 10.5 Å². The Bertz CT molecular complexity index is 520. The highest BCUT2D eigenvalue weighted by Gasteiger charge is 2.03. The van der Waals surface area contributed by atoms with Crippen molar-refractivity contribution < 1.29 is 4.74 Å². The van der Waals surface area contributed by atoms with Crippen molar-refractivity contribution >= 4 is 28.5 Å². The molecule has 2 N–H and O–H groups in total. The van der Waals surface area contributed by atoms with E-state index in [2.05, 4.69) is 6.07 Å². The third-order valence-corrected chi connectivity index (χ3v) is 3.49. The lowest BCUT2D eigenvalue weighted by molar-refractivity contribution is 0.309. The van der Waals surface area contributed by atoms with Crippen LogP contribution >= 0.6 is 23.6 Å². The second-order valence-corrected chi connectivity index (χ2v) is 5.18. The van der Waals surface area contributed by atoms with E-state index in [1.165, 1.54) is 4.88 Å². The largest absolute Gasteiger partial charge is 0.488 e. The summed E-state index contributed by atoms with van der Waals surface area (Å²) in [6.07, 6.45) is 0. The summed E-state index contributed by atoms with van der Waals surface area (Å²) >= 11 is 6.65. The van der Waals surface area contributed by atoms with Crippen LogP contribution in [-0.4, -0.2) is 4.99 Å². The molecule has 88 valence electrons. The topological polar surface area (TPSA) is 35.2 Å². The van der Waals surface area contributed by atoms with Crippen LogP contribution in [0.5, 0.6) is 5.75 Å². The molecule has 2 nitrogen and oxygen atoms in total. The Balaban J connectivity index is 2.07. The molecule has 0 aliphatic rings. The Morgan fingerprint density at radius 3 is 2.82 bits per heavy atom. The molecule has 0 aliphatic heterocycles. The lowest BCUT2D eigenvalue weighted by Gasteiger charge is -2.08. The van der Waals surface area contributed by atoms with Gasteiger partial charge in [-0.2, -0.15) is 0 Å². The van der Waals surface area contributed by atoms with Crippen molar-refractivity contribution in [3.05, 3.63) is 51.7 Å². The third kappa shape index (κ3) is 3.05. The van der Waals surface area contributed by atoms with Crippen LogP contribution in [0, 0.1) is 6.92 Å². The van der Waals surface area contributed by atoms with Gasteiger partial charge in [0.25, 0.3) is 0 Å². The van der Waals surface area contributed by atoms with Crippen LogP contribution in [0.1, 0.15) is 16.0 Å². The highest BCUT2D eigenvalue weighted by molar-refractivity contribution is 7.80. The fraction of sp³-hybridized carbons (Fsp3) is 0.154. The highest BCUT2D eigenvalue weighted by atomic mass is 32.1. The van der Waals surface area contributed by atoms with E-state index in [0.29, 0.717) is 11.6 Å². The molecule has 0 fully saturated rings. The van der Waals surface area contributed by atoms with E-state index in [1.807, 2.05) is 36.6 Å². The van der Waals surface area contributed by atoms with Crippen LogP contribution in [0.2, 0.25) is 0 Å². The van der Waals surface area contributed by atoms with Gasteiger partial charge in [0.2, 0.25) is 0 Å². The zero-order chi connectivity index (χ0) is 12.3. The van der Waals surface area contributed by atoms with Gasteiger partial charge in [0.05, 0.1) is 0 Å². The summed E-state index contributed by atoms with van der Waals surface area (Å²) in [5.74, 6) is 0.843. The Labute approximate surface area is 110 Å². The maximum Gasteiger partial charge on any atom is 0.122 e. The van der Waals surface area contributed by atoms with E-state index in [-0.39, 0.29) is 0 Å². The molecule has 0 unspecified atom stereocenters. The van der Waals surface area contributed by atoms with E-state index in [0.717, 1.165) is 16.9 Å². The number of rotatable bonds is 4. The zero-order valence-electron chi connectivity index (χ0n) is 9.47. The molecular formula is C13H13NOS2. The Morgan fingerprint density at radius 2 is 2.24 bits per heavy atom. The zero-order valence-corrected chi connectivity index (χ0v) is 11.1. The molecule has 2 aromatic rings. The Morgan fingerprint density at radius 1 is 1.41 bits per heavy atom. The second kappa shape index (κ2) is 5.29. The van der Waals surface area contributed by atoms with Crippen LogP contribution in [0.25, 0.3) is 0 Å². The standard InChI is InChI=1S/C13H13NOS2/c1-9-7-10(4-5-12(9)13(14)16)15-8-11-3-2-6-17-11/h2-7H,8H2,1H3,(H2,14,16). The average molecular weight is 263 g/mol. The third-order valence-electron chi connectivity index (χ3n) is 2.42. The van der Waals surface area contributed by atoms with Gasteiger partial charge in [-0.25, -0.2) is 0 Å². The lowest BCUT2D eigenvalue weighted by atomic mass is 10.1. The normalized spacial score (nSPS) is 10.2.